The summed E-state index contributed by atoms with van der Waals surface area (Å²) in [5, 5.41) is 4.82. The second kappa shape index (κ2) is 5.40. The summed E-state index contributed by atoms with van der Waals surface area (Å²) < 4.78 is 40.4. The topological polar surface area (TPSA) is 49.4 Å². The van der Waals surface area contributed by atoms with Crippen molar-refractivity contribution in [1.82, 2.24) is 5.32 Å². The largest absolute Gasteiger partial charge is 0.316 e. The molecular formula is C14H15FN2O2S2. The molecule has 1 N–H and O–H groups in total. The first kappa shape index (κ1) is 14.5. The SMILES string of the molecule is CNCc1csc(S(=O)(=O)N2CCc3ccc(F)cc32)c1. The van der Waals surface area contributed by atoms with E-state index in [1.165, 1.54) is 27.8 Å². The van der Waals surface area contributed by atoms with Crippen LogP contribution in [0.3, 0.4) is 0 Å². The van der Waals surface area contributed by atoms with Crippen molar-refractivity contribution in [2.75, 3.05) is 17.9 Å². The van der Waals surface area contributed by atoms with Crippen LogP contribution in [-0.2, 0) is 23.0 Å². The first-order valence-corrected chi connectivity index (χ1v) is 8.87. The Balaban J connectivity index is 1.98. The number of hydrogen-bond acceptors (Lipinski definition) is 4. The number of nitrogens with one attached hydrogen (secondary N) is 1. The number of hydrogen-bond donors (Lipinski definition) is 1. The average molecular weight is 326 g/mol. The summed E-state index contributed by atoms with van der Waals surface area (Å²) in [7, 11) is -1.80. The molecule has 1 aromatic carbocycles. The van der Waals surface area contributed by atoms with Crippen LogP contribution >= 0.6 is 11.3 Å². The monoisotopic (exact) mass is 326 g/mol. The van der Waals surface area contributed by atoms with E-state index >= 15 is 0 Å². The molecule has 0 fully saturated rings. The van der Waals surface area contributed by atoms with Crippen molar-refractivity contribution in [3.8, 4) is 0 Å². The normalized spacial score (nSPS) is 14.5. The van der Waals surface area contributed by atoms with Gasteiger partial charge in [0.2, 0.25) is 0 Å². The number of sulfonamides is 1. The average Bonchev–Trinajstić information content (AvgIpc) is 3.05. The molecule has 0 amide bonds. The highest BCUT2D eigenvalue weighted by Crippen LogP contribution is 2.35. The van der Waals surface area contributed by atoms with E-state index in [-0.39, 0.29) is 0 Å². The lowest BCUT2D eigenvalue weighted by Crippen LogP contribution is -2.28. The summed E-state index contributed by atoms with van der Waals surface area (Å²) in [5.41, 5.74) is 2.25. The number of rotatable bonds is 4. The maximum Gasteiger partial charge on any atom is 0.273 e. The fourth-order valence-electron chi connectivity index (χ4n) is 2.47. The molecule has 21 heavy (non-hydrogen) atoms. The first-order valence-electron chi connectivity index (χ1n) is 6.55. The van der Waals surface area contributed by atoms with Gasteiger partial charge in [-0.25, -0.2) is 12.8 Å². The van der Waals surface area contributed by atoms with Crippen LogP contribution in [-0.4, -0.2) is 22.0 Å². The maximum absolute atomic E-state index is 13.4. The highest BCUT2D eigenvalue weighted by molar-refractivity contribution is 7.94. The Morgan fingerprint density at radius 1 is 1.38 bits per heavy atom. The smallest absolute Gasteiger partial charge is 0.273 e. The first-order chi connectivity index (χ1) is 10.0. The van der Waals surface area contributed by atoms with E-state index in [1.807, 2.05) is 12.4 Å². The molecule has 2 aromatic rings. The number of thiophene rings is 1. The van der Waals surface area contributed by atoms with Gasteiger partial charge in [-0.15, -0.1) is 11.3 Å². The molecule has 0 bridgehead atoms. The summed E-state index contributed by atoms with van der Waals surface area (Å²) >= 11 is 1.20. The quantitative estimate of drug-likeness (QED) is 0.938. The Labute approximate surface area is 127 Å². The van der Waals surface area contributed by atoms with E-state index in [2.05, 4.69) is 5.32 Å². The van der Waals surface area contributed by atoms with E-state index in [0.717, 1.165) is 11.1 Å². The predicted octanol–water partition coefficient (Wildman–Crippen LogP) is 2.36. The van der Waals surface area contributed by atoms with Gasteiger partial charge in [-0.2, -0.15) is 0 Å². The molecule has 0 atom stereocenters. The van der Waals surface area contributed by atoms with Crippen LogP contribution < -0.4 is 9.62 Å². The summed E-state index contributed by atoms with van der Waals surface area (Å²) in [6, 6.07) is 5.99. The van der Waals surface area contributed by atoms with Crippen LogP contribution in [0.1, 0.15) is 11.1 Å². The van der Waals surface area contributed by atoms with Crippen LogP contribution in [0, 0.1) is 5.82 Å². The molecule has 7 heteroatoms. The zero-order valence-electron chi connectivity index (χ0n) is 11.5. The van der Waals surface area contributed by atoms with Crippen LogP contribution in [0.25, 0.3) is 0 Å². The molecule has 1 aliphatic rings. The molecule has 0 saturated heterocycles. The molecule has 4 nitrogen and oxygen atoms in total. The summed E-state index contributed by atoms with van der Waals surface area (Å²) in [6.07, 6.45) is 0.615. The second-order valence-corrected chi connectivity index (χ2v) is 7.90. The van der Waals surface area contributed by atoms with Crippen molar-refractivity contribution in [1.29, 1.82) is 0 Å². The number of halogens is 1. The summed E-state index contributed by atoms with van der Waals surface area (Å²) in [5.74, 6) is -0.419. The van der Waals surface area contributed by atoms with Gasteiger partial charge in [0.25, 0.3) is 10.0 Å². The second-order valence-electron chi connectivity index (χ2n) is 4.90. The van der Waals surface area contributed by atoms with E-state index in [0.29, 0.717) is 29.4 Å². The lowest BCUT2D eigenvalue weighted by Gasteiger charge is -2.18. The molecular weight excluding hydrogens is 311 g/mol. The zero-order chi connectivity index (χ0) is 15.0. The van der Waals surface area contributed by atoms with Gasteiger partial charge in [-0.05, 0) is 48.2 Å². The minimum absolute atomic E-state index is 0.296. The van der Waals surface area contributed by atoms with Gasteiger partial charge in [0.1, 0.15) is 10.0 Å². The van der Waals surface area contributed by atoms with Gasteiger partial charge in [-0.3, -0.25) is 4.31 Å². The third-order valence-corrected chi connectivity index (χ3v) is 6.73. The van der Waals surface area contributed by atoms with Crippen molar-refractivity contribution in [2.24, 2.45) is 0 Å². The Kier molecular flexibility index (Phi) is 3.73. The van der Waals surface area contributed by atoms with Crippen LogP contribution in [0.4, 0.5) is 10.1 Å². The van der Waals surface area contributed by atoms with E-state index in [9.17, 15) is 12.8 Å². The highest BCUT2D eigenvalue weighted by Gasteiger charge is 2.32. The third kappa shape index (κ3) is 2.56. The van der Waals surface area contributed by atoms with Gasteiger partial charge >= 0.3 is 0 Å². The van der Waals surface area contributed by atoms with Crippen molar-refractivity contribution >= 4 is 27.0 Å². The molecule has 0 spiro atoms. The van der Waals surface area contributed by atoms with E-state index in [4.69, 9.17) is 0 Å². The molecule has 0 saturated carbocycles. The third-order valence-electron chi connectivity index (χ3n) is 3.46. The van der Waals surface area contributed by atoms with Crippen molar-refractivity contribution < 1.29 is 12.8 Å². The van der Waals surface area contributed by atoms with Crippen LogP contribution in [0.2, 0.25) is 0 Å². The molecule has 1 aliphatic heterocycles. The van der Waals surface area contributed by atoms with E-state index in [1.54, 1.807) is 12.1 Å². The van der Waals surface area contributed by atoms with Gasteiger partial charge in [0.15, 0.2) is 0 Å². The van der Waals surface area contributed by atoms with Crippen molar-refractivity contribution in [3.63, 3.8) is 0 Å². The fourth-order valence-corrected chi connectivity index (χ4v) is 5.28. The molecule has 1 aromatic heterocycles. The Morgan fingerprint density at radius 2 is 2.19 bits per heavy atom. The number of fused-ring (bicyclic) bond motifs is 1. The Bertz CT molecular complexity index is 771. The van der Waals surface area contributed by atoms with Crippen LogP contribution in [0.5, 0.6) is 0 Å². The van der Waals surface area contributed by atoms with Crippen molar-refractivity contribution in [3.05, 3.63) is 46.6 Å². The standard InChI is InChI=1S/C14H15FN2O2S2/c1-16-8-10-6-14(20-9-10)21(18,19)17-5-4-11-2-3-12(15)7-13(11)17/h2-3,6-7,9,16H,4-5,8H2,1H3. The molecule has 0 radical (unpaired) electrons. The molecule has 3 rings (SSSR count). The number of nitrogens with zero attached hydrogens (tertiary/aromatic N) is 1. The number of benzene rings is 1. The minimum Gasteiger partial charge on any atom is -0.316 e. The lowest BCUT2D eigenvalue weighted by molar-refractivity contribution is 0.594. The van der Waals surface area contributed by atoms with E-state index < -0.39 is 15.8 Å². The predicted molar refractivity (Wildman–Crippen MR) is 81.7 cm³/mol. The molecule has 2 heterocycles. The van der Waals surface area contributed by atoms with Gasteiger partial charge in [0.05, 0.1) is 5.69 Å². The molecule has 0 unspecified atom stereocenters. The summed E-state index contributed by atoms with van der Waals surface area (Å²) in [6.45, 7) is 0.984. The molecule has 0 aliphatic carbocycles. The van der Waals surface area contributed by atoms with Crippen LogP contribution in [0.15, 0.2) is 33.9 Å². The maximum atomic E-state index is 13.4. The van der Waals surface area contributed by atoms with Gasteiger partial charge < -0.3 is 5.32 Å². The highest BCUT2D eigenvalue weighted by atomic mass is 32.2. The van der Waals surface area contributed by atoms with Gasteiger partial charge in [-0.1, -0.05) is 6.07 Å². The number of anilines is 1. The van der Waals surface area contributed by atoms with Gasteiger partial charge in [0, 0.05) is 13.1 Å². The van der Waals surface area contributed by atoms with Crippen molar-refractivity contribution in [2.45, 2.75) is 17.2 Å². The minimum atomic E-state index is -3.61. The lowest BCUT2D eigenvalue weighted by atomic mass is 10.2. The fraction of sp³-hybridized carbons (Fsp3) is 0.286. The zero-order valence-corrected chi connectivity index (χ0v) is 13.1. The Morgan fingerprint density at radius 3 is 2.95 bits per heavy atom. The summed E-state index contributed by atoms with van der Waals surface area (Å²) in [4.78, 5) is 0. The Hall–Kier alpha value is -1.44. The molecule has 112 valence electrons.